The van der Waals surface area contributed by atoms with Crippen molar-refractivity contribution in [2.45, 2.75) is 26.7 Å². The van der Waals surface area contributed by atoms with E-state index in [9.17, 15) is 10.0 Å². The molecule has 1 aliphatic rings. The number of amides is 1. The van der Waals surface area contributed by atoms with Crippen molar-refractivity contribution in [2.24, 2.45) is 0 Å². The van der Waals surface area contributed by atoms with Gasteiger partial charge in [-0.1, -0.05) is 0 Å². The first kappa shape index (κ1) is 16.2. The summed E-state index contributed by atoms with van der Waals surface area (Å²) in [7, 11) is 0. The number of carbonyl (C=O) groups excluding carboxylic acids is 1. The molecule has 7 nitrogen and oxygen atoms in total. The van der Waals surface area contributed by atoms with Crippen molar-refractivity contribution in [1.82, 2.24) is 14.6 Å². The summed E-state index contributed by atoms with van der Waals surface area (Å²) in [6.45, 7) is 6.06. The number of benzene rings is 1. The predicted octanol–water partition coefficient (Wildman–Crippen LogP) is 3.46. The van der Waals surface area contributed by atoms with Crippen molar-refractivity contribution in [3.63, 3.8) is 0 Å². The van der Waals surface area contributed by atoms with E-state index in [2.05, 4.69) is 15.3 Å². The highest BCUT2D eigenvalue weighted by Gasteiger charge is 2.42. The molecule has 2 atom stereocenters. The summed E-state index contributed by atoms with van der Waals surface area (Å²) in [6, 6.07) is 3.55. The zero-order valence-corrected chi connectivity index (χ0v) is 15.0. The molecule has 1 N–H and O–H groups in total. The second-order valence-electron chi connectivity index (χ2n) is 6.32. The third-order valence-electron chi connectivity index (χ3n) is 4.61. The Bertz CT molecular complexity index is 980. The number of hydroxylamine groups is 2. The number of carbonyl (C=O) groups is 1. The summed E-state index contributed by atoms with van der Waals surface area (Å²) < 4.78 is 5.05. The number of hydrogen-bond donors (Lipinski definition) is 1. The zero-order valence-electron chi connectivity index (χ0n) is 14.2. The van der Waals surface area contributed by atoms with Gasteiger partial charge in [0.25, 0.3) is 0 Å². The molecule has 0 spiro atoms. The van der Waals surface area contributed by atoms with E-state index in [1.165, 1.54) is 11.3 Å². The number of hydrogen-bond acceptors (Lipinski definition) is 6. The van der Waals surface area contributed by atoms with Crippen LogP contribution in [0.1, 0.15) is 29.2 Å². The monoisotopic (exact) mass is 358 g/mol. The molecular weight excluding hydrogens is 340 g/mol. The lowest BCUT2D eigenvalue weighted by molar-refractivity contribution is -0.117. The van der Waals surface area contributed by atoms with Gasteiger partial charge in [0.05, 0.1) is 13.1 Å². The van der Waals surface area contributed by atoms with Gasteiger partial charge in [-0.2, -0.15) is 0 Å². The Kier molecular flexibility index (Phi) is 3.64. The maximum absolute atomic E-state index is 13.2. The SMILES string of the molecule is CC[N+]1([O-])CC(C(=O)Nc2ncc(C)s2)c2cc3oc(C)nc3cc21. The molecule has 0 aliphatic carbocycles. The number of aromatic nitrogens is 2. The molecule has 3 aromatic rings. The molecule has 0 saturated carbocycles. The Labute approximate surface area is 148 Å². The maximum atomic E-state index is 13.2. The van der Waals surface area contributed by atoms with E-state index >= 15 is 0 Å². The molecule has 2 aromatic heterocycles. The van der Waals surface area contributed by atoms with Crippen LogP contribution in [-0.4, -0.2) is 29.0 Å². The number of nitrogens with one attached hydrogen (secondary N) is 1. The van der Waals surface area contributed by atoms with Gasteiger partial charge < -0.3 is 19.6 Å². The highest BCUT2D eigenvalue weighted by molar-refractivity contribution is 7.15. The number of nitrogens with zero attached hydrogens (tertiary/aromatic N) is 3. The van der Waals surface area contributed by atoms with Crippen LogP contribution in [0.4, 0.5) is 10.8 Å². The average Bonchev–Trinajstić information content (AvgIpc) is 3.22. The van der Waals surface area contributed by atoms with Gasteiger partial charge in [-0.15, -0.1) is 11.3 Å². The number of likely N-dealkylation sites (N-methyl/N-ethyl adjacent to an activating group) is 1. The van der Waals surface area contributed by atoms with Gasteiger partial charge in [0.15, 0.2) is 16.6 Å². The van der Waals surface area contributed by atoms with E-state index in [4.69, 9.17) is 4.42 Å². The summed E-state index contributed by atoms with van der Waals surface area (Å²) in [6.07, 6.45) is 1.71. The number of fused-ring (bicyclic) bond motifs is 2. The van der Waals surface area contributed by atoms with Crippen LogP contribution in [0.25, 0.3) is 11.1 Å². The molecule has 130 valence electrons. The third-order valence-corrected chi connectivity index (χ3v) is 5.44. The van der Waals surface area contributed by atoms with Crippen molar-refractivity contribution < 1.29 is 9.21 Å². The first-order chi connectivity index (χ1) is 11.9. The van der Waals surface area contributed by atoms with Crippen LogP contribution in [0.3, 0.4) is 0 Å². The molecule has 2 unspecified atom stereocenters. The van der Waals surface area contributed by atoms with Crippen molar-refractivity contribution in [3.8, 4) is 0 Å². The fraction of sp³-hybridized carbons (Fsp3) is 0.353. The third kappa shape index (κ3) is 2.62. The lowest BCUT2D eigenvalue weighted by Gasteiger charge is -2.37. The summed E-state index contributed by atoms with van der Waals surface area (Å²) >= 11 is 1.41. The minimum atomic E-state index is -0.536. The number of thiazole rings is 1. The van der Waals surface area contributed by atoms with Gasteiger partial charge in [0.2, 0.25) is 5.91 Å². The molecule has 1 amide bonds. The maximum Gasteiger partial charge on any atom is 0.239 e. The summed E-state index contributed by atoms with van der Waals surface area (Å²) in [4.78, 5) is 22.3. The molecule has 0 bridgehead atoms. The highest BCUT2D eigenvalue weighted by atomic mass is 32.1. The van der Waals surface area contributed by atoms with E-state index in [-0.39, 0.29) is 12.5 Å². The smallest absolute Gasteiger partial charge is 0.239 e. The van der Waals surface area contributed by atoms with Crippen LogP contribution in [-0.2, 0) is 4.79 Å². The van der Waals surface area contributed by atoms with Crippen LogP contribution < -0.4 is 9.96 Å². The molecule has 25 heavy (non-hydrogen) atoms. The number of aryl methyl sites for hydroxylation is 2. The van der Waals surface area contributed by atoms with Gasteiger partial charge in [-0.3, -0.25) is 4.79 Å². The second-order valence-corrected chi connectivity index (χ2v) is 7.55. The number of anilines is 1. The normalized spacial score (nSPS) is 22.3. The molecule has 0 fully saturated rings. The van der Waals surface area contributed by atoms with E-state index in [0.29, 0.717) is 39.9 Å². The first-order valence-electron chi connectivity index (χ1n) is 8.12. The fourth-order valence-corrected chi connectivity index (χ4v) is 4.01. The van der Waals surface area contributed by atoms with Crippen molar-refractivity contribution in [2.75, 3.05) is 18.4 Å². The van der Waals surface area contributed by atoms with Crippen LogP contribution in [0, 0.1) is 19.1 Å². The minimum absolute atomic E-state index is 0.174. The molecule has 3 heterocycles. The Morgan fingerprint density at radius 1 is 1.48 bits per heavy atom. The molecule has 8 heteroatoms. The van der Waals surface area contributed by atoms with Crippen LogP contribution in [0.5, 0.6) is 0 Å². The van der Waals surface area contributed by atoms with Crippen LogP contribution >= 0.6 is 11.3 Å². The van der Waals surface area contributed by atoms with Gasteiger partial charge in [0.1, 0.15) is 17.1 Å². The summed E-state index contributed by atoms with van der Waals surface area (Å²) in [5, 5.41) is 16.6. The number of quaternary nitrogens is 1. The van der Waals surface area contributed by atoms with E-state index in [1.54, 1.807) is 25.3 Å². The molecule has 1 aromatic carbocycles. The van der Waals surface area contributed by atoms with E-state index in [0.717, 1.165) is 4.88 Å². The Balaban J connectivity index is 1.75. The van der Waals surface area contributed by atoms with Gasteiger partial charge >= 0.3 is 0 Å². The molecule has 0 radical (unpaired) electrons. The molecular formula is C17H18N4O3S. The zero-order chi connectivity index (χ0) is 17.8. The summed E-state index contributed by atoms with van der Waals surface area (Å²) in [5.41, 5.74) is 2.56. The minimum Gasteiger partial charge on any atom is -0.627 e. The second kappa shape index (κ2) is 5.62. The molecule has 0 saturated heterocycles. The lowest BCUT2D eigenvalue weighted by Crippen LogP contribution is -2.42. The Morgan fingerprint density at radius 2 is 2.28 bits per heavy atom. The fourth-order valence-electron chi connectivity index (χ4n) is 3.35. The van der Waals surface area contributed by atoms with Gasteiger partial charge in [-0.05, 0) is 19.9 Å². The van der Waals surface area contributed by atoms with Crippen LogP contribution in [0.15, 0.2) is 22.7 Å². The Hall–Kier alpha value is -2.29. The molecule has 1 aliphatic heterocycles. The number of oxazole rings is 1. The lowest BCUT2D eigenvalue weighted by atomic mass is 10.0. The molecule has 4 rings (SSSR count). The largest absolute Gasteiger partial charge is 0.627 e. The Morgan fingerprint density at radius 3 is 2.96 bits per heavy atom. The highest BCUT2D eigenvalue weighted by Crippen LogP contribution is 2.43. The quantitative estimate of drug-likeness (QED) is 0.572. The van der Waals surface area contributed by atoms with Crippen molar-refractivity contribution in [1.29, 1.82) is 0 Å². The van der Waals surface area contributed by atoms with Crippen LogP contribution in [0.2, 0.25) is 0 Å². The standard InChI is InChI=1S/C17H18N4O3S/c1-4-21(23)8-12(16(22)20-17-18-7-9(2)25-17)11-5-15-13(6-14(11)21)19-10(3)24-15/h5-7,12H,4,8H2,1-3H3,(H,18,20,22). The first-order valence-corrected chi connectivity index (χ1v) is 8.94. The number of rotatable bonds is 3. The van der Waals surface area contributed by atoms with Crippen molar-refractivity contribution in [3.05, 3.63) is 39.9 Å². The van der Waals surface area contributed by atoms with E-state index < -0.39 is 10.6 Å². The topological polar surface area (TPSA) is 91.1 Å². The van der Waals surface area contributed by atoms with Crippen molar-refractivity contribution >= 4 is 39.2 Å². The average molecular weight is 358 g/mol. The van der Waals surface area contributed by atoms with Gasteiger partial charge in [0, 0.05) is 29.6 Å². The summed E-state index contributed by atoms with van der Waals surface area (Å²) in [5.74, 6) is -0.208. The predicted molar refractivity (Wildman–Crippen MR) is 97.5 cm³/mol. The van der Waals surface area contributed by atoms with E-state index in [1.807, 2.05) is 13.8 Å². The van der Waals surface area contributed by atoms with Gasteiger partial charge in [-0.25, -0.2) is 9.97 Å².